The van der Waals surface area contributed by atoms with Gasteiger partial charge in [-0.25, -0.2) is 9.67 Å². The molecular formula is C14H15N3O2. The van der Waals surface area contributed by atoms with E-state index < -0.39 is 0 Å². The smallest absolute Gasteiger partial charge is 0.309 e. The number of hydrogen-bond acceptors (Lipinski definition) is 4. The molecule has 2 aromatic rings. The molecule has 0 amide bonds. The van der Waals surface area contributed by atoms with Crippen LogP contribution in [-0.4, -0.2) is 27.8 Å². The first kappa shape index (κ1) is 11.9. The number of aromatic nitrogens is 3. The molecular weight excluding hydrogens is 242 g/mol. The zero-order chi connectivity index (χ0) is 13.2. The lowest BCUT2D eigenvalue weighted by Gasteiger charge is -2.20. The van der Waals surface area contributed by atoms with Crippen molar-refractivity contribution >= 4 is 5.97 Å². The van der Waals surface area contributed by atoms with Crippen LogP contribution in [0.2, 0.25) is 0 Å². The molecule has 1 aliphatic rings. The maximum Gasteiger partial charge on any atom is 0.309 e. The minimum Gasteiger partial charge on any atom is -0.469 e. The summed E-state index contributed by atoms with van der Waals surface area (Å²) in [6.45, 7) is 0. The molecule has 0 radical (unpaired) electrons. The van der Waals surface area contributed by atoms with Gasteiger partial charge in [-0.15, -0.1) is 0 Å². The molecule has 0 unspecified atom stereocenters. The number of pyridine rings is 1. The second-order valence-corrected chi connectivity index (χ2v) is 4.68. The van der Waals surface area contributed by atoms with Gasteiger partial charge in [-0.1, -0.05) is 6.07 Å². The monoisotopic (exact) mass is 257 g/mol. The molecule has 2 heterocycles. The van der Waals surface area contributed by atoms with Crippen molar-refractivity contribution < 1.29 is 9.53 Å². The van der Waals surface area contributed by atoms with Gasteiger partial charge in [-0.05, 0) is 37.0 Å². The lowest BCUT2D eigenvalue weighted by molar-refractivity contribution is -0.145. The number of fused-ring (bicyclic) bond motifs is 1. The van der Waals surface area contributed by atoms with Crippen molar-refractivity contribution in [3.05, 3.63) is 41.9 Å². The Morgan fingerprint density at radius 2 is 2.37 bits per heavy atom. The molecule has 19 heavy (non-hydrogen) atoms. The molecule has 1 atom stereocenters. The van der Waals surface area contributed by atoms with Gasteiger partial charge in [0.25, 0.3) is 0 Å². The van der Waals surface area contributed by atoms with Gasteiger partial charge in [0.2, 0.25) is 0 Å². The van der Waals surface area contributed by atoms with Crippen molar-refractivity contribution in [3.8, 4) is 5.82 Å². The van der Waals surface area contributed by atoms with Crippen molar-refractivity contribution in [2.45, 2.75) is 19.3 Å². The zero-order valence-corrected chi connectivity index (χ0v) is 10.7. The second-order valence-electron chi connectivity index (χ2n) is 4.68. The number of hydrogen-bond donors (Lipinski definition) is 0. The highest BCUT2D eigenvalue weighted by atomic mass is 16.5. The van der Waals surface area contributed by atoms with Crippen LogP contribution < -0.4 is 0 Å². The first-order chi connectivity index (χ1) is 9.29. The van der Waals surface area contributed by atoms with Crippen LogP contribution in [0.5, 0.6) is 0 Å². The Hall–Kier alpha value is -2.17. The fraction of sp³-hybridized carbons (Fsp3) is 0.357. The van der Waals surface area contributed by atoms with E-state index >= 15 is 0 Å². The predicted molar refractivity (Wildman–Crippen MR) is 68.9 cm³/mol. The highest BCUT2D eigenvalue weighted by Crippen LogP contribution is 2.27. The zero-order valence-electron chi connectivity index (χ0n) is 10.7. The van der Waals surface area contributed by atoms with Crippen molar-refractivity contribution in [2.75, 3.05) is 7.11 Å². The molecule has 0 fully saturated rings. The number of rotatable bonds is 2. The number of carbonyl (C=O) groups excluding carboxylic acids is 1. The van der Waals surface area contributed by atoms with Crippen molar-refractivity contribution in [3.63, 3.8) is 0 Å². The van der Waals surface area contributed by atoms with Crippen LogP contribution in [0.1, 0.15) is 17.7 Å². The number of nitrogens with zero attached hydrogens (tertiary/aromatic N) is 3. The lowest BCUT2D eigenvalue weighted by Crippen LogP contribution is -2.24. The summed E-state index contributed by atoms with van der Waals surface area (Å²) in [6, 6.07) is 5.75. The third-order valence-corrected chi connectivity index (χ3v) is 3.55. The molecule has 5 nitrogen and oxygen atoms in total. The maximum atomic E-state index is 11.6. The molecule has 0 bridgehead atoms. The number of ether oxygens (including phenoxy) is 1. The highest BCUT2D eigenvalue weighted by Gasteiger charge is 2.28. The van der Waals surface area contributed by atoms with Gasteiger partial charge in [0.1, 0.15) is 0 Å². The average Bonchev–Trinajstić information content (AvgIpc) is 2.90. The van der Waals surface area contributed by atoms with Crippen LogP contribution in [0.15, 0.2) is 30.6 Å². The van der Waals surface area contributed by atoms with Crippen LogP contribution in [0, 0.1) is 5.92 Å². The molecule has 2 aromatic heterocycles. The maximum absolute atomic E-state index is 11.6. The van der Waals surface area contributed by atoms with E-state index in [9.17, 15) is 4.79 Å². The average molecular weight is 257 g/mol. The van der Waals surface area contributed by atoms with Crippen LogP contribution in [0.3, 0.4) is 0 Å². The number of esters is 1. The minimum atomic E-state index is -0.128. The molecule has 1 aliphatic carbocycles. The van der Waals surface area contributed by atoms with Crippen LogP contribution in [0.25, 0.3) is 5.82 Å². The minimum absolute atomic E-state index is 0.0427. The third-order valence-electron chi connectivity index (χ3n) is 3.55. The SMILES string of the molecule is COC(=O)[C@H]1CCc2c(cnn2-c2ccccn2)C1. The molecule has 0 N–H and O–H groups in total. The molecule has 5 heteroatoms. The van der Waals surface area contributed by atoms with Gasteiger partial charge in [0.15, 0.2) is 5.82 Å². The normalized spacial score (nSPS) is 17.8. The molecule has 0 saturated carbocycles. The number of carbonyl (C=O) groups is 1. The molecule has 98 valence electrons. The van der Waals surface area contributed by atoms with Crippen LogP contribution in [-0.2, 0) is 22.4 Å². The van der Waals surface area contributed by atoms with E-state index in [0.717, 1.165) is 29.9 Å². The third kappa shape index (κ3) is 2.12. The van der Waals surface area contributed by atoms with Crippen molar-refractivity contribution in [2.24, 2.45) is 5.92 Å². The topological polar surface area (TPSA) is 57.0 Å². The second kappa shape index (κ2) is 4.84. The summed E-state index contributed by atoms with van der Waals surface area (Å²) in [6.07, 6.45) is 5.92. The van der Waals surface area contributed by atoms with Gasteiger partial charge in [-0.3, -0.25) is 4.79 Å². The van der Waals surface area contributed by atoms with E-state index in [4.69, 9.17) is 4.74 Å². The Morgan fingerprint density at radius 3 is 3.11 bits per heavy atom. The first-order valence-electron chi connectivity index (χ1n) is 6.34. The Labute approximate surface area is 111 Å². The van der Waals surface area contributed by atoms with E-state index in [0.29, 0.717) is 6.42 Å². The molecule has 0 aliphatic heterocycles. The summed E-state index contributed by atoms with van der Waals surface area (Å²) < 4.78 is 6.68. The number of methoxy groups -OCH3 is 1. The van der Waals surface area contributed by atoms with Gasteiger partial charge < -0.3 is 4.74 Å². The van der Waals surface area contributed by atoms with Gasteiger partial charge in [0, 0.05) is 11.9 Å². The van der Waals surface area contributed by atoms with Crippen molar-refractivity contribution in [1.82, 2.24) is 14.8 Å². The summed E-state index contributed by atoms with van der Waals surface area (Å²) in [4.78, 5) is 15.9. The van der Waals surface area contributed by atoms with Gasteiger partial charge in [-0.2, -0.15) is 5.10 Å². The van der Waals surface area contributed by atoms with E-state index in [2.05, 4.69) is 10.1 Å². The van der Waals surface area contributed by atoms with E-state index in [1.807, 2.05) is 29.1 Å². The molecule has 0 aromatic carbocycles. The van der Waals surface area contributed by atoms with E-state index in [1.54, 1.807) is 6.20 Å². The fourth-order valence-corrected chi connectivity index (χ4v) is 2.57. The summed E-state index contributed by atoms with van der Waals surface area (Å²) >= 11 is 0. The Balaban J connectivity index is 1.90. The molecule has 3 rings (SSSR count). The standard InChI is InChI=1S/C14H15N3O2/c1-19-14(18)10-5-6-12-11(8-10)9-16-17(12)13-4-2-3-7-15-13/h2-4,7,9-10H,5-6,8H2,1H3/t10-/m0/s1. The Kier molecular flexibility index (Phi) is 3.03. The Bertz CT molecular complexity index is 592. The lowest BCUT2D eigenvalue weighted by atomic mass is 9.88. The van der Waals surface area contributed by atoms with Gasteiger partial charge >= 0.3 is 5.97 Å². The van der Waals surface area contributed by atoms with E-state index in [-0.39, 0.29) is 11.9 Å². The van der Waals surface area contributed by atoms with Crippen molar-refractivity contribution in [1.29, 1.82) is 0 Å². The Morgan fingerprint density at radius 1 is 1.47 bits per heavy atom. The quantitative estimate of drug-likeness (QED) is 0.766. The fourth-order valence-electron chi connectivity index (χ4n) is 2.57. The first-order valence-corrected chi connectivity index (χ1v) is 6.34. The largest absolute Gasteiger partial charge is 0.469 e. The molecule has 0 spiro atoms. The molecule has 0 saturated heterocycles. The summed E-state index contributed by atoms with van der Waals surface area (Å²) in [5.74, 6) is 0.649. The van der Waals surface area contributed by atoms with Crippen LogP contribution >= 0.6 is 0 Å². The summed E-state index contributed by atoms with van der Waals surface area (Å²) in [7, 11) is 1.44. The summed E-state index contributed by atoms with van der Waals surface area (Å²) in [5.41, 5.74) is 2.27. The summed E-state index contributed by atoms with van der Waals surface area (Å²) in [5, 5.41) is 4.39. The highest BCUT2D eigenvalue weighted by molar-refractivity contribution is 5.73. The van der Waals surface area contributed by atoms with Crippen LogP contribution in [0.4, 0.5) is 0 Å². The van der Waals surface area contributed by atoms with Gasteiger partial charge in [0.05, 0.1) is 19.2 Å². The predicted octanol–water partition coefficient (Wildman–Crippen LogP) is 1.55. The van der Waals surface area contributed by atoms with E-state index in [1.165, 1.54) is 7.11 Å².